The second kappa shape index (κ2) is 9.90. The first kappa shape index (κ1) is 22.7. The molecule has 0 fully saturated rings. The second-order valence-electron chi connectivity index (χ2n) is 8.52. The molecule has 166 valence electrons. The highest BCUT2D eigenvalue weighted by atomic mass is 19.1. The van der Waals surface area contributed by atoms with Crippen LogP contribution in [0.1, 0.15) is 37.8 Å². The molecule has 0 aliphatic carbocycles. The van der Waals surface area contributed by atoms with E-state index in [4.69, 9.17) is 4.84 Å². The zero-order valence-corrected chi connectivity index (χ0v) is 18.4. The number of anilines is 1. The zero-order chi connectivity index (χ0) is 22.5. The van der Waals surface area contributed by atoms with Crippen molar-refractivity contribution in [3.05, 3.63) is 65.2 Å². The highest BCUT2D eigenvalue weighted by Crippen LogP contribution is 2.22. The number of benzene rings is 2. The Morgan fingerprint density at radius 2 is 1.87 bits per heavy atom. The fourth-order valence-electron chi connectivity index (χ4n) is 3.48. The lowest BCUT2D eigenvalue weighted by Gasteiger charge is -2.26. The Morgan fingerprint density at radius 1 is 1.16 bits per heavy atom. The maximum absolute atomic E-state index is 14.2. The summed E-state index contributed by atoms with van der Waals surface area (Å²) >= 11 is 0. The predicted molar refractivity (Wildman–Crippen MR) is 118 cm³/mol. The highest BCUT2D eigenvalue weighted by molar-refractivity contribution is 6.01. The molecule has 7 heteroatoms. The van der Waals surface area contributed by atoms with Crippen molar-refractivity contribution < 1.29 is 18.4 Å². The topological polar surface area (TPSA) is 45.1 Å². The quantitative estimate of drug-likeness (QED) is 0.616. The number of hydrogen-bond acceptors (Lipinski definition) is 4. The highest BCUT2D eigenvalue weighted by Gasteiger charge is 2.27. The molecule has 0 N–H and O–H groups in total. The molecule has 3 rings (SSSR count). The number of carbonyl (C=O) groups excluding carboxylic acids is 1. The number of carbonyl (C=O) groups is 1. The lowest BCUT2D eigenvalue weighted by atomic mass is 10.0. The van der Waals surface area contributed by atoms with Crippen molar-refractivity contribution in [2.24, 2.45) is 11.1 Å². The van der Waals surface area contributed by atoms with Crippen LogP contribution in [0.15, 0.2) is 47.6 Å². The molecule has 1 amide bonds. The minimum Gasteiger partial charge on any atom is -0.390 e. The molecule has 1 atom stereocenters. The van der Waals surface area contributed by atoms with Gasteiger partial charge >= 0.3 is 0 Å². The predicted octanol–water partition coefficient (Wildman–Crippen LogP) is 4.60. The zero-order valence-electron chi connectivity index (χ0n) is 18.4. The minimum atomic E-state index is -0.660. The number of nitrogens with zero attached hydrogens (tertiary/aromatic N) is 3. The lowest BCUT2D eigenvalue weighted by molar-refractivity contribution is -0.134. The molecule has 0 radical (unpaired) electrons. The number of rotatable bonds is 8. The Morgan fingerprint density at radius 3 is 2.48 bits per heavy atom. The van der Waals surface area contributed by atoms with Crippen LogP contribution in [0.3, 0.4) is 0 Å². The third-order valence-electron chi connectivity index (χ3n) is 5.19. The van der Waals surface area contributed by atoms with Gasteiger partial charge in [0.05, 0.1) is 12.3 Å². The second-order valence-corrected chi connectivity index (χ2v) is 8.52. The van der Waals surface area contributed by atoms with Gasteiger partial charge in [0.15, 0.2) is 6.10 Å². The first-order chi connectivity index (χ1) is 14.7. The Labute approximate surface area is 182 Å². The normalized spacial score (nSPS) is 15.6. The molecule has 0 unspecified atom stereocenters. The van der Waals surface area contributed by atoms with Crippen molar-refractivity contribution in [3.63, 3.8) is 0 Å². The SMILES string of the molecule is CC(C)CC(=O)N(Cc1ccc(F)cc1F)C[C@@H]1CC(c2ccc(N(C)C)cc2)=NO1. The van der Waals surface area contributed by atoms with Crippen LogP contribution in [0.5, 0.6) is 0 Å². The average Bonchev–Trinajstić information content (AvgIpc) is 3.17. The number of oxime groups is 1. The van der Waals surface area contributed by atoms with Gasteiger partial charge in [-0.1, -0.05) is 37.2 Å². The summed E-state index contributed by atoms with van der Waals surface area (Å²) in [6.45, 7) is 4.26. The molecular weight excluding hydrogens is 400 g/mol. The maximum Gasteiger partial charge on any atom is 0.223 e. The van der Waals surface area contributed by atoms with Gasteiger partial charge in [0.2, 0.25) is 5.91 Å². The van der Waals surface area contributed by atoms with Gasteiger partial charge in [-0.25, -0.2) is 8.78 Å². The molecule has 1 heterocycles. The summed E-state index contributed by atoms with van der Waals surface area (Å²) in [4.78, 5) is 22.0. The molecule has 31 heavy (non-hydrogen) atoms. The maximum atomic E-state index is 14.2. The fourth-order valence-corrected chi connectivity index (χ4v) is 3.48. The third-order valence-corrected chi connectivity index (χ3v) is 5.19. The van der Waals surface area contributed by atoms with Crippen LogP contribution in [0.4, 0.5) is 14.5 Å². The minimum absolute atomic E-state index is 0.0599. The summed E-state index contributed by atoms with van der Waals surface area (Å²) in [6.07, 6.45) is 0.580. The molecule has 0 bridgehead atoms. The molecule has 5 nitrogen and oxygen atoms in total. The van der Waals surface area contributed by atoms with E-state index in [1.807, 2.05) is 57.1 Å². The fraction of sp³-hybridized carbons (Fsp3) is 0.417. The van der Waals surface area contributed by atoms with Gasteiger partial charge in [0.25, 0.3) is 0 Å². The molecule has 1 aliphatic heterocycles. The van der Waals surface area contributed by atoms with Gasteiger partial charge < -0.3 is 14.6 Å². The van der Waals surface area contributed by atoms with Crippen molar-refractivity contribution in [2.45, 2.75) is 39.3 Å². The standard InChI is InChI=1S/C24H29F2N3O2/c1-16(2)11-24(30)29(14-18-5-8-19(25)12-22(18)26)15-21-13-23(27-31-21)17-6-9-20(10-7-17)28(3)4/h5-10,12,16,21H,11,13-15H2,1-4H3/t21-/m0/s1. The van der Waals surface area contributed by atoms with Crippen molar-refractivity contribution in [3.8, 4) is 0 Å². The van der Waals surface area contributed by atoms with Gasteiger partial charge in [-0.05, 0) is 29.7 Å². The first-order valence-corrected chi connectivity index (χ1v) is 10.4. The van der Waals surface area contributed by atoms with E-state index >= 15 is 0 Å². The smallest absolute Gasteiger partial charge is 0.223 e. The summed E-state index contributed by atoms with van der Waals surface area (Å²) < 4.78 is 27.4. The number of hydrogen-bond donors (Lipinski definition) is 0. The van der Waals surface area contributed by atoms with E-state index in [0.29, 0.717) is 12.8 Å². The summed E-state index contributed by atoms with van der Waals surface area (Å²) in [5.41, 5.74) is 3.15. The van der Waals surface area contributed by atoms with Crippen LogP contribution in [-0.4, -0.2) is 43.3 Å². The van der Waals surface area contributed by atoms with Crippen LogP contribution in [-0.2, 0) is 16.2 Å². The van der Waals surface area contributed by atoms with E-state index in [0.717, 1.165) is 23.0 Å². The molecule has 2 aromatic carbocycles. The van der Waals surface area contributed by atoms with Crippen molar-refractivity contribution in [1.82, 2.24) is 4.90 Å². The van der Waals surface area contributed by atoms with Crippen molar-refractivity contribution in [1.29, 1.82) is 0 Å². The van der Waals surface area contributed by atoms with Gasteiger partial charge in [-0.15, -0.1) is 0 Å². The Kier molecular flexibility index (Phi) is 7.25. The third kappa shape index (κ3) is 6.03. The summed E-state index contributed by atoms with van der Waals surface area (Å²) in [5.74, 6) is -1.22. The van der Waals surface area contributed by atoms with E-state index in [1.165, 1.54) is 12.1 Å². The van der Waals surface area contributed by atoms with Crippen LogP contribution >= 0.6 is 0 Å². The Balaban J connectivity index is 1.69. The van der Waals surface area contributed by atoms with Gasteiger partial charge in [0, 0.05) is 50.8 Å². The molecule has 0 aromatic heterocycles. The lowest BCUT2D eigenvalue weighted by Crippen LogP contribution is -2.38. The molecule has 0 saturated heterocycles. The van der Waals surface area contributed by atoms with E-state index in [2.05, 4.69) is 5.16 Å². The monoisotopic (exact) mass is 429 g/mol. The van der Waals surface area contributed by atoms with Crippen LogP contribution in [0.25, 0.3) is 0 Å². The van der Waals surface area contributed by atoms with E-state index in [9.17, 15) is 13.6 Å². The van der Waals surface area contributed by atoms with Gasteiger partial charge in [-0.2, -0.15) is 0 Å². The van der Waals surface area contributed by atoms with Crippen molar-refractivity contribution >= 4 is 17.3 Å². The largest absolute Gasteiger partial charge is 0.390 e. The molecule has 2 aromatic rings. The first-order valence-electron chi connectivity index (χ1n) is 10.4. The molecule has 0 saturated carbocycles. The Hall–Kier alpha value is -2.96. The molecular formula is C24H29F2N3O2. The molecule has 0 spiro atoms. The van der Waals surface area contributed by atoms with Gasteiger partial charge in [-0.3, -0.25) is 4.79 Å². The van der Waals surface area contributed by atoms with Gasteiger partial charge in [0.1, 0.15) is 11.6 Å². The number of halogens is 2. The average molecular weight is 430 g/mol. The number of amides is 1. The van der Waals surface area contributed by atoms with Crippen LogP contribution < -0.4 is 4.90 Å². The van der Waals surface area contributed by atoms with E-state index in [-0.39, 0.29) is 36.6 Å². The Bertz CT molecular complexity index is 942. The summed E-state index contributed by atoms with van der Waals surface area (Å²) in [5, 5.41) is 4.21. The summed E-state index contributed by atoms with van der Waals surface area (Å²) in [7, 11) is 3.96. The summed E-state index contributed by atoms with van der Waals surface area (Å²) in [6, 6.07) is 11.4. The van der Waals surface area contributed by atoms with E-state index in [1.54, 1.807) is 4.90 Å². The van der Waals surface area contributed by atoms with Crippen molar-refractivity contribution in [2.75, 3.05) is 25.5 Å². The van der Waals surface area contributed by atoms with Crippen LogP contribution in [0, 0.1) is 17.6 Å². The van der Waals surface area contributed by atoms with E-state index < -0.39 is 11.6 Å². The van der Waals surface area contributed by atoms with Crippen LogP contribution in [0.2, 0.25) is 0 Å². The molecule has 1 aliphatic rings.